The zero-order chi connectivity index (χ0) is 26.2. The maximum Gasteiger partial charge on any atom is 0.251 e. The lowest BCUT2D eigenvalue weighted by atomic mass is 9.91. The van der Waals surface area contributed by atoms with E-state index < -0.39 is 11.5 Å². The molecule has 2 N–H and O–H groups in total. The number of thiazole rings is 1. The molecule has 2 saturated heterocycles. The fraction of sp³-hybridized carbons (Fsp3) is 0.556. The van der Waals surface area contributed by atoms with Crippen molar-refractivity contribution in [1.82, 2.24) is 15.2 Å². The van der Waals surface area contributed by atoms with Crippen molar-refractivity contribution in [2.24, 2.45) is 11.3 Å². The number of anilines is 1. The van der Waals surface area contributed by atoms with Gasteiger partial charge in [0.2, 0.25) is 11.8 Å². The van der Waals surface area contributed by atoms with Gasteiger partial charge in [-0.05, 0) is 43.7 Å². The number of hydrogen-bond donors (Lipinski definition) is 2. The minimum absolute atomic E-state index is 0.000202. The van der Waals surface area contributed by atoms with Crippen LogP contribution in [0.5, 0.6) is 0 Å². The molecule has 37 heavy (non-hydrogen) atoms. The van der Waals surface area contributed by atoms with Crippen LogP contribution < -0.4 is 10.6 Å². The van der Waals surface area contributed by atoms with Gasteiger partial charge in [0.1, 0.15) is 6.04 Å². The Labute approximate surface area is 225 Å². The molecule has 2 aromatic rings. The number of amides is 3. The second-order valence-corrected chi connectivity index (χ2v) is 13.0. The van der Waals surface area contributed by atoms with Crippen molar-refractivity contribution in [3.63, 3.8) is 0 Å². The Morgan fingerprint density at radius 1 is 1.05 bits per heavy atom. The third-order valence-corrected chi connectivity index (χ3v) is 9.19. The van der Waals surface area contributed by atoms with E-state index in [4.69, 9.17) is 4.74 Å². The first-order chi connectivity index (χ1) is 17.7. The van der Waals surface area contributed by atoms with Crippen molar-refractivity contribution in [3.05, 3.63) is 35.2 Å². The molecule has 5 rings (SSSR count). The first kappa shape index (κ1) is 26.2. The number of thioether (sulfide) groups is 1. The molecule has 10 heteroatoms. The third kappa shape index (κ3) is 6.02. The van der Waals surface area contributed by atoms with Gasteiger partial charge >= 0.3 is 0 Å². The zero-order valence-electron chi connectivity index (χ0n) is 21.5. The highest BCUT2D eigenvalue weighted by molar-refractivity contribution is 8.00. The van der Waals surface area contributed by atoms with E-state index in [1.54, 1.807) is 23.9 Å². The molecule has 3 amide bonds. The van der Waals surface area contributed by atoms with Gasteiger partial charge in [-0.15, -0.1) is 23.1 Å². The van der Waals surface area contributed by atoms with Crippen LogP contribution in [0.1, 0.15) is 56.8 Å². The van der Waals surface area contributed by atoms with Gasteiger partial charge in [0.15, 0.2) is 5.13 Å². The van der Waals surface area contributed by atoms with Crippen LogP contribution in [0, 0.1) is 11.3 Å². The van der Waals surface area contributed by atoms with Crippen LogP contribution >= 0.6 is 23.1 Å². The molecule has 3 heterocycles. The Balaban J connectivity index is 1.27. The summed E-state index contributed by atoms with van der Waals surface area (Å²) in [7, 11) is 0. The largest absolute Gasteiger partial charge is 0.381 e. The van der Waals surface area contributed by atoms with E-state index in [2.05, 4.69) is 15.6 Å². The highest BCUT2D eigenvalue weighted by atomic mass is 32.2. The van der Waals surface area contributed by atoms with Crippen LogP contribution in [0.25, 0.3) is 11.3 Å². The SMILES string of the molecule is CC(C)(C)C(=O)N1C(C2CCOCC2)SC[C@H]1C(=O)Nc1nc(-c2ccc(C(=O)NC3CC3)cc2)cs1. The molecule has 3 aliphatic rings. The Hall–Kier alpha value is -2.43. The molecule has 1 saturated carbocycles. The fourth-order valence-electron chi connectivity index (χ4n) is 4.68. The molecule has 2 atom stereocenters. The van der Waals surface area contributed by atoms with Gasteiger partial charge in [0, 0.05) is 46.9 Å². The summed E-state index contributed by atoms with van der Waals surface area (Å²) in [6.45, 7) is 7.11. The molecule has 1 aromatic heterocycles. The highest BCUT2D eigenvalue weighted by Crippen LogP contribution is 2.41. The summed E-state index contributed by atoms with van der Waals surface area (Å²) in [4.78, 5) is 45.6. The smallest absolute Gasteiger partial charge is 0.251 e. The Kier molecular flexibility index (Phi) is 7.60. The second-order valence-electron chi connectivity index (χ2n) is 11.0. The van der Waals surface area contributed by atoms with Crippen molar-refractivity contribution < 1.29 is 19.1 Å². The van der Waals surface area contributed by atoms with Crippen molar-refractivity contribution in [2.45, 2.75) is 63.9 Å². The molecule has 1 unspecified atom stereocenters. The number of benzene rings is 1. The second kappa shape index (κ2) is 10.7. The van der Waals surface area contributed by atoms with Gasteiger partial charge in [0.25, 0.3) is 5.91 Å². The lowest BCUT2D eigenvalue weighted by Gasteiger charge is -2.38. The number of nitrogens with zero attached hydrogens (tertiary/aromatic N) is 2. The number of rotatable bonds is 6. The van der Waals surface area contributed by atoms with Crippen LogP contribution in [0.3, 0.4) is 0 Å². The van der Waals surface area contributed by atoms with Gasteiger partial charge in [-0.3, -0.25) is 14.4 Å². The van der Waals surface area contributed by atoms with Gasteiger partial charge in [0.05, 0.1) is 11.1 Å². The van der Waals surface area contributed by atoms with Crippen molar-refractivity contribution in [1.29, 1.82) is 0 Å². The quantitative estimate of drug-likeness (QED) is 0.562. The van der Waals surface area contributed by atoms with Crippen LogP contribution in [0.4, 0.5) is 5.13 Å². The molecule has 198 valence electrons. The number of nitrogens with one attached hydrogen (secondary N) is 2. The summed E-state index contributed by atoms with van der Waals surface area (Å²) >= 11 is 3.05. The van der Waals surface area contributed by atoms with E-state index in [0.717, 1.165) is 36.9 Å². The summed E-state index contributed by atoms with van der Waals surface area (Å²) in [5.41, 5.74) is 1.65. The zero-order valence-corrected chi connectivity index (χ0v) is 23.1. The van der Waals surface area contributed by atoms with E-state index in [1.165, 1.54) is 11.3 Å². The first-order valence-electron chi connectivity index (χ1n) is 12.9. The minimum Gasteiger partial charge on any atom is -0.381 e. The molecule has 3 fully saturated rings. The maximum absolute atomic E-state index is 13.5. The Morgan fingerprint density at radius 2 is 1.76 bits per heavy atom. The summed E-state index contributed by atoms with van der Waals surface area (Å²) in [5.74, 6) is 0.636. The van der Waals surface area contributed by atoms with E-state index in [1.807, 2.05) is 43.2 Å². The average Bonchev–Trinajstić information content (AvgIpc) is 3.39. The lowest BCUT2D eigenvalue weighted by Crippen LogP contribution is -2.53. The maximum atomic E-state index is 13.5. The van der Waals surface area contributed by atoms with E-state index in [-0.39, 0.29) is 23.1 Å². The van der Waals surface area contributed by atoms with Gasteiger partial charge in [-0.25, -0.2) is 4.98 Å². The van der Waals surface area contributed by atoms with Gasteiger partial charge in [-0.2, -0.15) is 0 Å². The van der Waals surface area contributed by atoms with Crippen LogP contribution in [-0.4, -0.2) is 64.0 Å². The monoisotopic (exact) mass is 542 g/mol. The summed E-state index contributed by atoms with van der Waals surface area (Å²) in [6.07, 6.45) is 3.90. The lowest BCUT2D eigenvalue weighted by molar-refractivity contribution is -0.146. The Morgan fingerprint density at radius 3 is 2.41 bits per heavy atom. The topological polar surface area (TPSA) is 101 Å². The van der Waals surface area contributed by atoms with Crippen LogP contribution in [0.15, 0.2) is 29.6 Å². The van der Waals surface area contributed by atoms with Crippen LogP contribution in [-0.2, 0) is 14.3 Å². The normalized spacial score (nSPS) is 22.6. The third-order valence-electron chi connectivity index (χ3n) is 6.97. The predicted molar refractivity (Wildman–Crippen MR) is 147 cm³/mol. The first-order valence-corrected chi connectivity index (χ1v) is 14.8. The molecule has 2 aliphatic heterocycles. The number of ether oxygens (including phenoxy) is 1. The molecule has 0 bridgehead atoms. The van der Waals surface area contributed by atoms with E-state index >= 15 is 0 Å². The predicted octanol–water partition coefficient (Wildman–Crippen LogP) is 4.38. The molecular formula is C27H34N4O4S2. The summed E-state index contributed by atoms with van der Waals surface area (Å²) in [6, 6.07) is 7.12. The molecule has 8 nitrogen and oxygen atoms in total. The number of carbonyl (C=O) groups excluding carboxylic acids is 3. The van der Waals surface area contributed by atoms with Crippen molar-refractivity contribution >= 4 is 46.0 Å². The van der Waals surface area contributed by atoms with Crippen molar-refractivity contribution in [3.8, 4) is 11.3 Å². The number of carbonyl (C=O) groups is 3. The average molecular weight is 543 g/mol. The number of aromatic nitrogens is 1. The number of hydrogen-bond acceptors (Lipinski definition) is 7. The van der Waals surface area contributed by atoms with Gasteiger partial charge in [-0.1, -0.05) is 32.9 Å². The highest BCUT2D eigenvalue weighted by Gasteiger charge is 2.47. The molecule has 0 radical (unpaired) electrons. The van der Waals surface area contributed by atoms with Gasteiger partial charge < -0.3 is 20.3 Å². The standard InChI is InChI=1S/C27H34N4O4S2/c1-27(2,3)25(34)31-21(15-36-24(31)18-10-12-35-13-11-18)23(33)30-26-29-20(14-37-26)16-4-6-17(7-5-16)22(32)28-19-8-9-19/h4-7,14,18-19,21,24H,8-13,15H2,1-3H3,(H,28,32)(H,29,30,33)/t21-,24?/m0/s1. The molecule has 1 aliphatic carbocycles. The van der Waals surface area contributed by atoms with E-state index in [0.29, 0.717) is 41.6 Å². The van der Waals surface area contributed by atoms with E-state index in [9.17, 15) is 14.4 Å². The Bertz CT molecular complexity index is 1150. The minimum atomic E-state index is -0.580. The molecular weight excluding hydrogens is 508 g/mol. The summed E-state index contributed by atoms with van der Waals surface area (Å²) in [5, 5.41) is 8.32. The molecule has 1 aromatic carbocycles. The molecule has 0 spiro atoms. The fourth-order valence-corrected chi connectivity index (χ4v) is 7.04. The van der Waals surface area contributed by atoms with Crippen molar-refractivity contribution in [2.75, 3.05) is 24.3 Å². The summed E-state index contributed by atoms with van der Waals surface area (Å²) < 4.78 is 5.53. The van der Waals surface area contributed by atoms with Crippen LogP contribution in [0.2, 0.25) is 0 Å².